The zero-order valence-corrected chi connectivity index (χ0v) is 14.1. The molecule has 1 N–H and O–H groups in total. The monoisotopic (exact) mass is 343 g/mol. The molecule has 0 spiro atoms. The molecule has 7 heteroatoms. The van der Waals surface area contributed by atoms with Crippen LogP contribution in [0.3, 0.4) is 0 Å². The molecule has 1 aliphatic heterocycles. The summed E-state index contributed by atoms with van der Waals surface area (Å²) >= 11 is 12.1. The Bertz CT molecular complexity index is 578. The van der Waals surface area contributed by atoms with Gasteiger partial charge < -0.3 is 15.1 Å². The van der Waals surface area contributed by atoms with Crippen molar-refractivity contribution in [3.8, 4) is 0 Å². The Morgan fingerprint density at radius 1 is 1.41 bits per heavy atom. The number of carbonyl (C=O) groups excluding carboxylic acids is 2. The molecule has 0 radical (unpaired) electrons. The van der Waals surface area contributed by atoms with E-state index in [0.717, 1.165) is 6.54 Å². The zero-order chi connectivity index (χ0) is 16.3. The molecule has 22 heavy (non-hydrogen) atoms. The molecule has 1 atom stereocenters. The maximum absolute atomic E-state index is 12.2. The quantitative estimate of drug-likeness (QED) is 0.889. The number of carbonyl (C=O) groups is 2. The van der Waals surface area contributed by atoms with E-state index in [0.29, 0.717) is 28.8 Å². The highest BCUT2D eigenvalue weighted by atomic mass is 35.5. The fourth-order valence-corrected chi connectivity index (χ4v) is 2.74. The lowest BCUT2D eigenvalue weighted by Gasteiger charge is -2.18. The van der Waals surface area contributed by atoms with Gasteiger partial charge in [-0.1, -0.05) is 23.2 Å². The van der Waals surface area contributed by atoms with Crippen LogP contribution in [0.2, 0.25) is 10.0 Å². The Morgan fingerprint density at radius 2 is 2.14 bits per heavy atom. The second-order valence-corrected chi connectivity index (χ2v) is 6.44. The lowest BCUT2D eigenvalue weighted by molar-refractivity contribution is -0.126. The van der Waals surface area contributed by atoms with Crippen LogP contribution in [-0.4, -0.2) is 50.4 Å². The van der Waals surface area contributed by atoms with Crippen LogP contribution in [0.4, 0.5) is 5.69 Å². The Morgan fingerprint density at radius 3 is 2.82 bits per heavy atom. The van der Waals surface area contributed by atoms with Crippen LogP contribution < -0.4 is 10.2 Å². The van der Waals surface area contributed by atoms with Crippen molar-refractivity contribution in [2.45, 2.75) is 6.42 Å². The van der Waals surface area contributed by atoms with Crippen LogP contribution in [0.1, 0.15) is 6.42 Å². The Labute approximate surface area is 140 Å². The van der Waals surface area contributed by atoms with Crippen LogP contribution in [0.5, 0.6) is 0 Å². The third-order valence-electron chi connectivity index (χ3n) is 3.55. The molecule has 0 saturated carbocycles. The summed E-state index contributed by atoms with van der Waals surface area (Å²) in [4.78, 5) is 27.8. The number of likely N-dealkylation sites (N-methyl/N-ethyl adjacent to an activating group) is 1. The van der Waals surface area contributed by atoms with Crippen LogP contribution in [0, 0.1) is 5.92 Å². The van der Waals surface area contributed by atoms with Gasteiger partial charge in [0.25, 0.3) is 0 Å². The van der Waals surface area contributed by atoms with E-state index < -0.39 is 0 Å². The molecule has 1 aromatic rings. The van der Waals surface area contributed by atoms with Crippen molar-refractivity contribution in [1.82, 2.24) is 10.2 Å². The van der Waals surface area contributed by atoms with Crippen molar-refractivity contribution in [2.24, 2.45) is 5.92 Å². The van der Waals surface area contributed by atoms with Gasteiger partial charge in [-0.3, -0.25) is 9.59 Å². The summed E-state index contributed by atoms with van der Waals surface area (Å²) in [5.74, 6) is -0.572. The van der Waals surface area contributed by atoms with E-state index in [2.05, 4.69) is 5.32 Å². The molecule has 2 rings (SSSR count). The van der Waals surface area contributed by atoms with Gasteiger partial charge in [-0.15, -0.1) is 0 Å². The van der Waals surface area contributed by atoms with Crippen molar-refractivity contribution in [3.63, 3.8) is 0 Å². The highest BCUT2D eigenvalue weighted by molar-refractivity contribution is 6.35. The molecule has 1 unspecified atom stereocenters. The minimum atomic E-state index is -0.357. The molecule has 0 aromatic heterocycles. The topological polar surface area (TPSA) is 52.7 Å². The fourth-order valence-electron chi connectivity index (χ4n) is 2.36. The Balaban J connectivity index is 2.01. The van der Waals surface area contributed by atoms with Crippen LogP contribution in [0.15, 0.2) is 18.2 Å². The number of anilines is 1. The van der Waals surface area contributed by atoms with E-state index in [-0.39, 0.29) is 24.2 Å². The fraction of sp³-hybridized carbons (Fsp3) is 0.467. The normalized spacial score (nSPS) is 18.1. The van der Waals surface area contributed by atoms with Gasteiger partial charge in [-0.2, -0.15) is 0 Å². The molecule has 1 fully saturated rings. The second-order valence-electron chi connectivity index (χ2n) is 5.60. The predicted octanol–water partition coefficient (Wildman–Crippen LogP) is 2.02. The first-order valence-corrected chi connectivity index (χ1v) is 7.82. The summed E-state index contributed by atoms with van der Waals surface area (Å²) in [7, 11) is 3.88. The number of hydrogen-bond acceptors (Lipinski definition) is 3. The lowest BCUT2D eigenvalue weighted by Crippen LogP contribution is -2.36. The predicted molar refractivity (Wildman–Crippen MR) is 88.5 cm³/mol. The number of amides is 2. The third kappa shape index (κ3) is 4.12. The first kappa shape index (κ1) is 17.1. The molecular weight excluding hydrogens is 325 g/mol. The molecular formula is C15H19Cl2N3O2. The Kier molecular flexibility index (Phi) is 5.67. The third-order valence-corrected chi connectivity index (χ3v) is 4.11. The van der Waals surface area contributed by atoms with Gasteiger partial charge in [0, 0.05) is 31.1 Å². The van der Waals surface area contributed by atoms with Crippen molar-refractivity contribution in [3.05, 3.63) is 28.2 Å². The van der Waals surface area contributed by atoms with E-state index in [9.17, 15) is 9.59 Å². The number of rotatable bonds is 5. The van der Waals surface area contributed by atoms with Gasteiger partial charge in [0.2, 0.25) is 11.8 Å². The van der Waals surface area contributed by atoms with Gasteiger partial charge in [0.1, 0.15) is 0 Å². The summed E-state index contributed by atoms with van der Waals surface area (Å²) in [6.07, 6.45) is 0.191. The summed E-state index contributed by atoms with van der Waals surface area (Å²) in [6.45, 7) is 1.65. The molecule has 2 amide bonds. The largest absolute Gasteiger partial charge is 0.355 e. The van der Waals surface area contributed by atoms with Gasteiger partial charge >= 0.3 is 0 Å². The van der Waals surface area contributed by atoms with Gasteiger partial charge in [0.05, 0.1) is 16.6 Å². The molecule has 1 heterocycles. The standard InChI is InChI=1S/C15H19Cl2N3O2/c1-19(2)6-5-18-15(22)10-7-14(21)20(9-10)13-8-11(16)3-4-12(13)17/h3-4,8,10H,5-7,9H2,1-2H3,(H,18,22). The van der Waals surface area contributed by atoms with Crippen molar-refractivity contribution in [1.29, 1.82) is 0 Å². The van der Waals surface area contributed by atoms with E-state index >= 15 is 0 Å². The molecule has 0 bridgehead atoms. The molecule has 1 aromatic carbocycles. The number of halogens is 2. The summed E-state index contributed by atoms with van der Waals surface area (Å²) in [5.41, 5.74) is 0.558. The number of nitrogens with zero attached hydrogens (tertiary/aromatic N) is 2. The molecule has 5 nitrogen and oxygen atoms in total. The number of benzene rings is 1. The summed E-state index contributed by atoms with van der Waals surface area (Å²) in [6, 6.07) is 4.96. The first-order chi connectivity index (χ1) is 10.4. The van der Waals surface area contributed by atoms with Crippen molar-refractivity contribution < 1.29 is 9.59 Å². The summed E-state index contributed by atoms with van der Waals surface area (Å²) < 4.78 is 0. The van der Waals surface area contributed by atoms with Crippen molar-refractivity contribution in [2.75, 3.05) is 38.6 Å². The minimum Gasteiger partial charge on any atom is -0.355 e. The SMILES string of the molecule is CN(C)CCNC(=O)C1CC(=O)N(c2cc(Cl)ccc2Cl)C1. The maximum Gasteiger partial charge on any atom is 0.227 e. The average molecular weight is 344 g/mol. The van der Waals surface area contributed by atoms with Gasteiger partial charge in [-0.05, 0) is 32.3 Å². The van der Waals surface area contributed by atoms with Gasteiger partial charge in [0.15, 0.2) is 0 Å². The minimum absolute atomic E-state index is 0.101. The van der Waals surface area contributed by atoms with Crippen LogP contribution in [0.25, 0.3) is 0 Å². The molecule has 0 aliphatic carbocycles. The zero-order valence-electron chi connectivity index (χ0n) is 12.6. The molecule has 1 saturated heterocycles. The average Bonchev–Trinajstić information content (AvgIpc) is 2.83. The molecule has 120 valence electrons. The van der Waals surface area contributed by atoms with E-state index in [1.807, 2.05) is 19.0 Å². The second kappa shape index (κ2) is 7.31. The maximum atomic E-state index is 12.2. The van der Waals surface area contributed by atoms with Crippen LogP contribution in [-0.2, 0) is 9.59 Å². The highest BCUT2D eigenvalue weighted by Crippen LogP contribution is 2.33. The number of nitrogens with one attached hydrogen (secondary N) is 1. The lowest BCUT2D eigenvalue weighted by atomic mass is 10.1. The van der Waals surface area contributed by atoms with E-state index in [1.165, 1.54) is 4.90 Å². The summed E-state index contributed by atoms with van der Waals surface area (Å²) in [5, 5.41) is 3.81. The van der Waals surface area contributed by atoms with E-state index in [4.69, 9.17) is 23.2 Å². The number of hydrogen-bond donors (Lipinski definition) is 1. The van der Waals surface area contributed by atoms with Crippen LogP contribution >= 0.6 is 23.2 Å². The van der Waals surface area contributed by atoms with Crippen molar-refractivity contribution >= 4 is 40.7 Å². The van der Waals surface area contributed by atoms with E-state index in [1.54, 1.807) is 18.2 Å². The first-order valence-electron chi connectivity index (χ1n) is 7.06. The smallest absolute Gasteiger partial charge is 0.227 e. The molecule has 1 aliphatic rings. The Hall–Kier alpha value is -1.30. The van der Waals surface area contributed by atoms with Gasteiger partial charge in [-0.25, -0.2) is 0 Å². The highest BCUT2D eigenvalue weighted by Gasteiger charge is 2.35.